The normalized spacial score (nSPS) is 14.5. The largest absolute Gasteiger partial charge is 0.472 e. The number of aromatic nitrogens is 2. The van der Waals surface area contributed by atoms with Gasteiger partial charge in [0.1, 0.15) is 12.3 Å². The maximum absolute atomic E-state index is 12.1. The minimum Gasteiger partial charge on any atom is -0.472 e. The molecule has 0 saturated carbocycles. The van der Waals surface area contributed by atoms with Gasteiger partial charge in [-0.1, -0.05) is 5.16 Å². The zero-order valence-electron chi connectivity index (χ0n) is 13.8. The number of anilines is 1. The SMILES string of the molecule is Cc1nonc1OCCNC(=O)c1ccc(N2CCCCC2)cc1. The fourth-order valence-electron chi connectivity index (χ4n) is 2.74. The predicted molar refractivity (Wildman–Crippen MR) is 89.4 cm³/mol. The van der Waals surface area contributed by atoms with Crippen molar-refractivity contribution in [3.05, 3.63) is 35.5 Å². The molecule has 24 heavy (non-hydrogen) atoms. The molecule has 1 N–H and O–H groups in total. The molecule has 2 heterocycles. The number of carbonyl (C=O) groups excluding carboxylic acids is 1. The van der Waals surface area contributed by atoms with E-state index in [0.717, 1.165) is 13.1 Å². The Morgan fingerprint density at radius 3 is 2.62 bits per heavy atom. The summed E-state index contributed by atoms with van der Waals surface area (Å²) in [7, 11) is 0. The number of carbonyl (C=O) groups is 1. The van der Waals surface area contributed by atoms with E-state index < -0.39 is 0 Å². The van der Waals surface area contributed by atoms with E-state index in [2.05, 4.69) is 25.2 Å². The van der Waals surface area contributed by atoms with Crippen LogP contribution in [0.3, 0.4) is 0 Å². The molecule has 1 aromatic carbocycles. The summed E-state index contributed by atoms with van der Waals surface area (Å²) < 4.78 is 9.91. The summed E-state index contributed by atoms with van der Waals surface area (Å²) in [5.74, 6) is 0.244. The molecule has 1 aliphatic heterocycles. The molecule has 2 aromatic rings. The molecule has 7 heteroatoms. The smallest absolute Gasteiger partial charge is 0.278 e. The van der Waals surface area contributed by atoms with Gasteiger partial charge in [-0.25, -0.2) is 4.63 Å². The lowest BCUT2D eigenvalue weighted by atomic mass is 10.1. The molecule has 1 amide bonds. The zero-order chi connectivity index (χ0) is 16.8. The summed E-state index contributed by atoms with van der Waals surface area (Å²) in [5, 5.41) is 10.1. The van der Waals surface area contributed by atoms with Crippen molar-refractivity contribution >= 4 is 11.6 Å². The van der Waals surface area contributed by atoms with E-state index in [-0.39, 0.29) is 5.91 Å². The van der Waals surface area contributed by atoms with Crippen molar-refractivity contribution in [3.8, 4) is 5.88 Å². The van der Waals surface area contributed by atoms with Gasteiger partial charge in [0.15, 0.2) is 0 Å². The number of nitrogens with one attached hydrogen (secondary N) is 1. The maximum atomic E-state index is 12.1. The van der Waals surface area contributed by atoms with Crippen molar-refractivity contribution in [2.24, 2.45) is 0 Å². The molecule has 0 atom stereocenters. The summed E-state index contributed by atoms with van der Waals surface area (Å²) in [5.41, 5.74) is 2.42. The molecule has 128 valence electrons. The molecule has 0 bridgehead atoms. The summed E-state index contributed by atoms with van der Waals surface area (Å²) in [6.07, 6.45) is 3.79. The van der Waals surface area contributed by atoms with Gasteiger partial charge in [0.2, 0.25) is 0 Å². The first-order chi connectivity index (χ1) is 11.7. The fraction of sp³-hybridized carbons (Fsp3) is 0.471. The van der Waals surface area contributed by atoms with E-state index in [1.54, 1.807) is 6.92 Å². The van der Waals surface area contributed by atoms with Crippen LogP contribution >= 0.6 is 0 Å². The number of hydrogen-bond donors (Lipinski definition) is 1. The quantitative estimate of drug-likeness (QED) is 0.818. The van der Waals surface area contributed by atoms with E-state index in [0.29, 0.717) is 30.3 Å². The molecule has 1 saturated heterocycles. The molecule has 0 spiro atoms. The molecule has 1 aromatic heterocycles. The van der Waals surface area contributed by atoms with Crippen molar-refractivity contribution in [3.63, 3.8) is 0 Å². The Bertz CT molecular complexity index is 663. The molecule has 0 aliphatic carbocycles. The lowest BCUT2D eigenvalue weighted by molar-refractivity contribution is 0.0946. The van der Waals surface area contributed by atoms with Gasteiger partial charge in [0.25, 0.3) is 11.8 Å². The van der Waals surface area contributed by atoms with Gasteiger partial charge in [-0.3, -0.25) is 4.79 Å². The number of piperidine rings is 1. The minimum atomic E-state index is -0.112. The molecule has 1 fully saturated rings. The van der Waals surface area contributed by atoms with E-state index in [1.807, 2.05) is 24.3 Å². The minimum absolute atomic E-state index is 0.112. The van der Waals surface area contributed by atoms with Crippen LogP contribution in [0.5, 0.6) is 5.88 Å². The Kier molecular flexibility index (Phi) is 5.30. The van der Waals surface area contributed by atoms with Gasteiger partial charge in [-0.15, -0.1) is 0 Å². The number of amides is 1. The summed E-state index contributed by atoms with van der Waals surface area (Å²) in [6, 6.07) is 7.76. The average molecular weight is 330 g/mol. The summed E-state index contributed by atoms with van der Waals surface area (Å²) in [4.78, 5) is 14.5. The Hall–Kier alpha value is -2.57. The van der Waals surface area contributed by atoms with E-state index in [9.17, 15) is 4.79 Å². The van der Waals surface area contributed by atoms with E-state index in [4.69, 9.17) is 4.74 Å². The van der Waals surface area contributed by atoms with E-state index in [1.165, 1.54) is 24.9 Å². The maximum Gasteiger partial charge on any atom is 0.278 e. The Balaban J connectivity index is 1.45. The highest BCUT2D eigenvalue weighted by atomic mass is 16.6. The first-order valence-electron chi connectivity index (χ1n) is 8.29. The standard InChI is InChI=1S/C17H22N4O3/c1-13-17(20-24-19-13)23-12-9-18-16(22)14-5-7-15(8-6-14)21-10-3-2-4-11-21/h5-8H,2-4,9-12H2,1H3,(H,18,22). The Labute approximate surface area is 140 Å². The lowest BCUT2D eigenvalue weighted by Gasteiger charge is -2.28. The van der Waals surface area contributed by atoms with Crippen molar-refractivity contribution in [2.45, 2.75) is 26.2 Å². The second-order valence-corrected chi connectivity index (χ2v) is 5.85. The number of nitrogens with zero attached hydrogens (tertiary/aromatic N) is 3. The predicted octanol–water partition coefficient (Wildman–Crippen LogP) is 2.18. The van der Waals surface area contributed by atoms with Gasteiger partial charge in [-0.05, 0) is 55.6 Å². The average Bonchev–Trinajstić information content (AvgIpc) is 3.04. The van der Waals surface area contributed by atoms with Crippen molar-refractivity contribution in [2.75, 3.05) is 31.1 Å². The van der Waals surface area contributed by atoms with Gasteiger partial charge < -0.3 is 15.0 Å². The van der Waals surface area contributed by atoms with Crippen molar-refractivity contribution in [1.29, 1.82) is 0 Å². The van der Waals surface area contributed by atoms with Crippen LogP contribution in [0, 0.1) is 6.92 Å². The molecule has 7 nitrogen and oxygen atoms in total. The van der Waals surface area contributed by atoms with Crippen LogP contribution in [-0.2, 0) is 0 Å². The van der Waals surface area contributed by atoms with Crippen LogP contribution in [0.1, 0.15) is 35.3 Å². The first kappa shape index (κ1) is 16.3. The van der Waals surface area contributed by atoms with Gasteiger partial charge in [0, 0.05) is 24.3 Å². The van der Waals surface area contributed by atoms with Crippen LogP contribution in [0.2, 0.25) is 0 Å². The van der Waals surface area contributed by atoms with Crippen LogP contribution < -0.4 is 15.0 Å². The van der Waals surface area contributed by atoms with Crippen molar-refractivity contribution < 1.29 is 14.2 Å². The summed E-state index contributed by atoms with van der Waals surface area (Å²) >= 11 is 0. The Morgan fingerprint density at radius 2 is 1.96 bits per heavy atom. The highest BCUT2D eigenvalue weighted by Crippen LogP contribution is 2.20. The Morgan fingerprint density at radius 1 is 1.21 bits per heavy atom. The first-order valence-corrected chi connectivity index (χ1v) is 8.29. The number of rotatable bonds is 6. The second-order valence-electron chi connectivity index (χ2n) is 5.85. The fourth-order valence-corrected chi connectivity index (χ4v) is 2.74. The third-order valence-electron chi connectivity index (χ3n) is 4.09. The third kappa shape index (κ3) is 4.04. The van der Waals surface area contributed by atoms with Crippen LogP contribution in [-0.4, -0.2) is 42.5 Å². The highest BCUT2D eigenvalue weighted by molar-refractivity contribution is 5.94. The molecular formula is C17H22N4O3. The molecule has 1 aliphatic rings. The van der Waals surface area contributed by atoms with Crippen LogP contribution in [0.4, 0.5) is 5.69 Å². The lowest BCUT2D eigenvalue weighted by Crippen LogP contribution is -2.30. The summed E-state index contributed by atoms with van der Waals surface area (Å²) in [6.45, 7) is 4.64. The van der Waals surface area contributed by atoms with Crippen LogP contribution in [0.15, 0.2) is 28.9 Å². The molecule has 0 unspecified atom stereocenters. The molecule has 3 rings (SSSR count). The van der Waals surface area contributed by atoms with Gasteiger partial charge in [-0.2, -0.15) is 0 Å². The number of ether oxygens (including phenoxy) is 1. The zero-order valence-corrected chi connectivity index (χ0v) is 13.8. The highest BCUT2D eigenvalue weighted by Gasteiger charge is 2.12. The second kappa shape index (κ2) is 7.81. The van der Waals surface area contributed by atoms with Gasteiger partial charge >= 0.3 is 0 Å². The third-order valence-corrected chi connectivity index (χ3v) is 4.09. The number of aryl methyl sites for hydroxylation is 1. The molecule has 0 radical (unpaired) electrons. The molecular weight excluding hydrogens is 308 g/mol. The topological polar surface area (TPSA) is 80.5 Å². The monoisotopic (exact) mass is 330 g/mol. The number of benzene rings is 1. The van der Waals surface area contributed by atoms with E-state index >= 15 is 0 Å². The van der Waals surface area contributed by atoms with Gasteiger partial charge in [0.05, 0.1) is 6.54 Å². The van der Waals surface area contributed by atoms with Crippen LogP contribution in [0.25, 0.3) is 0 Å². The number of hydrogen-bond acceptors (Lipinski definition) is 6. The van der Waals surface area contributed by atoms with Crippen molar-refractivity contribution in [1.82, 2.24) is 15.6 Å².